The van der Waals surface area contributed by atoms with Crippen LogP contribution < -0.4 is 17.0 Å². The molecule has 2 heterocycles. The number of hydrogen-bond acceptors (Lipinski definition) is 7. The summed E-state index contributed by atoms with van der Waals surface area (Å²) in [6, 6.07) is 0.442. The minimum Gasteiger partial charge on any atom is -0.462 e. The van der Waals surface area contributed by atoms with E-state index in [1.807, 2.05) is 0 Å². The lowest BCUT2D eigenvalue weighted by molar-refractivity contribution is -0.152. The third-order valence-corrected chi connectivity index (χ3v) is 3.75. The molecule has 1 saturated heterocycles. The number of H-pyrrole nitrogens is 1. The SMILES string of the molecule is CC(C)[C@H](N)C(=O)OC[C@@H]1O[C@H](n2ccc(=O)[nH]c2=O)CC1O. The van der Waals surface area contributed by atoms with Gasteiger partial charge in [-0.15, -0.1) is 0 Å². The normalized spacial score (nSPS) is 25.5. The number of nitrogens with two attached hydrogens (primary N) is 1. The second kappa shape index (κ2) is 7.07. The first-order valence-electron chi connectivity index (χ1n) is 7.36. The topological polar surface area (TPSA) is 137 Å². The van der Waals surface area contributed by atoms with Crippen molar-refractivity contribution < 1.29 is 19.4 Å². The van der Waals surface area contributed by atoms with Crippen molar-refractivity contribution in [2.24, 2.45) is 11.7 Å². The van der Waals surface area contributed by atoms with Crippen LogP contribution in [-0.2, 0) is 14.3 Å². The van der Waals surface area contributed by atoms with Crippen molar-refractivity contribution in [1.29, 1.82) is 0 Å². The maximum absolute atomic E-state index is 11.7. The standard InChI is InChI=1S/C14H21N3O6/c1-7(2)12(15)13(20)22-6-9-8(18)5-11(23-9)17-4-3-10(19)16-14(17)21/h3-4,7-9,11-12,18H,5-6,15H2,1-2H3,(H,16,19,21)/t8?,9-,11-,12-/m0/s1. The van der Waals surface area contributed by atoms with Crippen molar-refractivity contribution >= 4 is 5.97 Å². The number of nitrogens with one attached hydrogen (secondary N) is 1. The van der Waals surface area contributed by atoms with E-state index >= 15 is 0 Å². The van der Waals surface area contributed by atoms with Gasteiger partial charge in [0, 0.05) is 18.7 Å². The molecular weight excluding hydrogens is 306 g/mol. The lowest BCUT2D eigenvalue weighted by Crippen LogP contribution is -2.39. The molecule has 1 aliphatic heterocycles. The lowest BCUT2D eigenvalue weighted by atomic mass is 10.1. The van der Waals surface area contributed by atoms with Crippen LogP contribution >= 0.6 is 0 Å². The molecule has 1 unspecified atom stereocenters. The maximum Gasteiger partial charge on any atom is 0.330 e. The number of rotatable bonds is 5. The van der Waals surface area contributed by atoms with Crippen molar-refractivity contribution in [3.8, 4) is 0 Å². The van der Waals surface area contributed by atoms with Crippen LogP contribution in [0.3, 0.4) is 0 Å². The second-order valence-electron chi connectivity index (χ2n) is 5.85. The number of aliphatic hydroxyl groups excluding tert-OH is 1. The summed E-state index contributed by atoms with van der Waals surface area (Å²) in [6.07, 6.45) is -0.965. The Morgan fingerprint density at radius 1 is 1.57 bits per heavy atom. The number of nitrogens with zero attached hydrogens (tertiary/aromatic N) is 1. The fourth-order valence-electron chi connectivity index (χ4n) is 2.22. The number of esters is 1. The summed E-state index contributed by atoms with van der Waals surface area (Å²) >= 11 is 0. The van der Waals surface area contributed by atoms with E-state index in [1.165, 1.54) is 16.8 Å². The van der Waals surface area contributed by atoms with Gasteiger partial charge in [0.15, 0.2) is 0 Å². The summed E-state index contributed by atoms with van der Waals surface area (Å²) in [6.45, 7) is 3.44. The van der Waals surface area contributed by atoms with Crippen LogP contribution in [-0.4, -0.2) is 45.5 Å². The van der Waals surface area contributed by atoms with Crippen LogP contribution in [0.5, 0.6) is 0 Å². The van der Waals surface area contributed by atoms with Crippen molar-refractivity contribution in [1.82, 2.24) is 9.55 Å². The Balaban J connectivity index is 1.97. The summed E-state index contributed by atoms with van der Waals surface area (Å²) in [7, 11) is 0. The number of aromatic amines is 1. The predicted octanol–water partition coefficient (Wildman–Crippen LogP) is -1.29. The molecule has 0 radical (unpaired) electrons. The molecule has 4 atom stereocenters. The van der Waals surface area contributed by atoms with Crippen LogP contribution in [0.2, 0.25) is 0 Å². The van der Waals surface area contributed by atoms with Gasteiger partial charge in [-0.2, -0.15) is 0 Å². The zero-order valence-electron chi connectivity index (χ0n) is 13.0. The fourth-order valence-corrected chi connectivity index (χ4v) is 2.22. The lowest BCUT2D eigenvalue weighted by Gasteiger charge is -2.18. The van der Waals surface area contributed by atoms with E-state index in [4.69, 9.17) is 15.2 Å². The van der Waals surface area contributed by atoms with Crippen LogP contribution in [0, 0.1) is 5.92 Å². The summed E-state index contributed by atoms with van der Waals surface area (Å²) in [4.78, 5) is 36.6. The summed E-state index contributed by atoms with van der Waals surface area (Å²) in [5.74, 6) is -0.634. The van der Waals surface area contributed by atoms with Gasteiger partial charge in [-0.25, -0.2) is 4.79 Å². The number of carbonyl (C=O) groups excluding carboxylic acids is 1. The van der Waals surface area contributed by atoms with E-state index in [2.05, 4.69) is 4.98 Å². The molecule has 9 heteroatoms. The Bertz CT molecular complexity index is 667. The van der Waals surface area contributed by atoms with Crippen LogP contribution in [0.4, 0.5) is 0 Å². The summed E-state index contributed by atoms with van der Waals surface area (Å²) < 4.78 is 11.8. The van der Waals surface area contributed by atoms with Gasteiger partial charge in [0.25, 0.3) is 5.56 Å². The Kier molecular flexibility index (Phi) is 5.34. The van der Waals surface area contributed by atoms with Gasteiger partial charge >= 0.3 is 11.7 Å². The van der Waals surface area contributed by atoms with E-state index in [-0.39, 0.29) is 18.9 Å². The molecule has 0 saturated carbocycles. The summed E-state index contributed by atoms with van der Waals surface area (Å²) in [5, 5.41) is 9.99. The number of aliphatic hydroxyl groups is 1. The molecule has 1 fully saturated rings. The predicted molar refractivity (Wildman–Crippen MR) is 79.6 cm³/mol. The number of hydrogen-bond donors (Lipinski definition) is 3. The molecule has 0 aromatic carbocycles. The van der Waals surface area contributed by atoms with Gasteiger partial charge in [-0.05, 0) is 5.92 Å². The highest BCUT2D eigenvalue weighted by atomic mass is 16.6. The van der Waals surface area contributed by atoms with Crippen molar-refractivity contribution in [3.05, 3.63) is 33.1 Å². The number of aromatic nitrogens is 2. The molecule has 0 amide bonds. The van der Waals surface area contributed by atoms with Gasteiger partial charge in [0.2, 0.25) is 0 Å². The van der Waals surface area contributed by atoms with Gasteiger partial charge in [-0.1, -0.05) is 13.8 Å². The minimum absolute atomic E-state index is 0.0654. The summed E-state index contributed by atoms with van der Waals surface area (Å²) in [5.41, 5.74) is 4.53. The van der Waals surface area contributed by atoms with Gasteiger partial charge in [0.1, 0.15) is 25.0 Å². The Morgan fingerprint density at radius 2 is 2.26 bits per heavy atom. The monoisotopic (exact) mass is 327 g/mol. The first-order chi connectivity index (χ1) is 10.8. The molecule has 1 aromatic heterocycles. The van der Waals surface area contributed by atoms with E-state index < -0.39 is 41.7 Å². The third kappa shape index (κ3) is 4.06. The molecule has 9 nitrogen and oxygen atoms in total. The minimum atomic E-state index is -0.901. The van der Waals surface area contributed by atoms with E-state index in [1.54, 1.807) is 13.8 Å². The molecule has 23 heavy (non-hydrogen) atoms. The van der Waals surface area contributed by atoms with E-state index in [9.17, 15) is 19.5 Å². The Hall–Kier alpha value is -1.97. The quantitative estimate of drug-likeness (QED) is 0.572. The van der Waals surface area contributed by atoms with Crippen LogP contribution in [0.25, 0.3) is 0 Å². The zero-order chi connectivity index (χ0) is 17.1. The molecular formula is C14H21N3O6. The van der Waals surface area contributed by atoms with E-state index in [0.717, 1.165) is 0 Å². The number of ether oxygens (including phenoxy) is 2. The smallest absolute Gasteiger partial charge is 0.330 e. The highest BCUT2D eigenvalue weighted by Gasteiger charge is 2.36. The average molecular weight is 327 g/mol. The molecule has 1 aromatic rings. The average Bonchev–Trinajstić information content (AvgIpc) is 2.84. The van der Waals surface area contributed by atoms with E-state index in [0.29, 0.717) is 0 Å². The van der Waals surface area contributed by atoms with Crippen LogP contribution in [0.1, 0.15) is 26.5 Å². The molecule has 0 aliphatic carbocycles. The molecule has 4 N–H and O–H groups in total. The maximum atomic E-state index is 11.7. The highest BCUT2D eigenvalue weighted by Crippen LogP contribution is 2.27. The largest absolute Gasteiger partial charge is 0.462 e. The molecule has 1 aliphatic rings. The first kappa shape index (κ1) is 17.4. The number of carbonyl (C=O) groups is 1. The fraction of sp³-hybridized carbons (Fsp3) is 0.643. The second-order valence-corrected chi connectivity index (χ2v) is 5.85. The molecule has 128 valence electrons. The molecule has 2 rings (SSSR count). The molecule has 0 spiro atoms. The van der Waals surface area contributed by atoms with Crippen molar-refractivity contribution in [3.63, 3.8) is 0 Å². The van der Waals surface area contributed by atoms with Crippen molar-refractivity contribution in [2.75, 3.05) is 6.61 Å². The first-order valence-corrected chi connectivity index (χ1v) is 7.36. The molecule has 0 bridgehead atoms. The Labute approximate surface area is 132 Å². The van der Waals surface area contributed by atoms with Crippen LogP contribution in [0.15, 0.2) is 21.9 Å². The van der Waals surface area contributed by atoms with Gasteiger partial charge in [0.05, 0.1) is 6.10 Å². The van der Waals surface area contributed by atoms with Gasteiger partial charge < -0.3 is 20.3 Å². The Morgan fingerprint density at radius 3 is 2.87 bits per heavy atom. The third-order valence-electron chi connectivity index (χ3n) is 3.75. The van der Waals surface area contributed by atoms with Crippen molar-refractivity contribution in [2.45, 2.75) is 44.7 Å². The highest BCUT2D eigenvalue weighted by molar-refractivity contribution is 5.75. The van der Waals surface area contributed by atoms with Gasteiger partial charge in [-0.3, -0.25) is 19.1 Å². The zero-order valence-corrected chi connectivity index (χ0v) is 13.0.